The van der Waals surface area contributed by atoms with Crippen LogP contribution in [0.4, 0.5) is 0 Å². The molecule has 2 aromatic heterocycles. The molecule has 0 saturated heterocycles. The Balaban J connectivity index is 1.88. The van der Waals surface area contributed by atoms with Crippen LogP contribution in [0.2, 0.25) is 10.0 Å². The monoisotopic (exact) mass is 351 g/mol. The molecule has 3 aromatic rings. The van der Waals surface area contributed by atoms with E-state index >= 15 is 0 Å². The molecule has 0 fully saturated rings. The van der Waals surface area contributed by atoms with Crippen molar-refractivity contribution in [2.75, 3.05) is 0 Å². The zero-order valence-corrected chi connectivity index (χ0v) is 13.2. The van der Waals surface area contributed by atoms with E-state index in [9.17, 15) is 4.79 Å². The van der Waals surface area contributed by atoms with Crippen LogP contribution in [-0.4, -0.2) is 20.5 Å². The second-order valence-corrected chi connectivity index (χ2v) is 5.54. The Kier molecular flexibility index (Phi) is 4.64. The van der Waals surface area contributed by atoms with Crippen LogP contribution in [0.5, 0.6) is 0 Å². The fourth-order valence-electron chi connectivity index (χ4n) is 2.05. The zero-order chi connectivity index (χ0) is 16.2. The minimum absolute atomic E-state index is 0.0886. The van der Waals surface area contributed by atoms with Gasteiger partial charge in [-0.1, -0.05) is 29.3 Å². The number of nitrogens with zero attached hydrogens (tertiary/aromatic N) is 3. The summed E-state index contributed by atoms with van der Waals surface area (Å²) in [6.07, 6.45) is 6.79. The molecule has 1 unspecified atom stereocenters. The van der Waals surface area contributed by atoms with Crippen molar-refractivity contribution in [1.29, 1.82) is 0 Å². The average Bonchev–Trinajstić information content (AvgIpc) is 3.20. The van der Waals surface area contributed by atoms with Gasteiger partial charge in [0.25, 0.3) is 0 Å². The topological polar surface area (TPSA) is 70.2 Å². The molecule has 0 radical (unpaired) electrons. The normalized spacial score (nSPS) is 12.1. The molecule has 0 aliphatic rings. The number of hydrogen-bond acceptors (Lipinski definition) is 5. The van der Waals surface area contributed by atoms with Gasteiger partial charge in [0, 0.05) is 28.0 Å². The summed E-state index contributed by atoms with van der Waals surface area (Å²) >= 11 is 12.2. The van der Waals surface area contributed by atoms with Crippen LogP contribution < -0.4 is 0 Å². The van der Waals surface area contributed by atoms with Gasteiger partial charge in [-0.15, -0.1) is 0 Å². The van der Waals surface area contributed by atoms with E-state index in [1.54, 1.807) is 41.5 Å². The number of imidazole rings is 1. The molecule has 0 spiro atoms. The highest BCUT2D eigenvalue weighted by atomic mass is 35.5. The summed E-state index contributed by atoms with van der Waals surface area (Å²) in [6, 6.07) is 5.01. The van der Waals surface area contributed by atoms with Crippen molar-refractivity contribution in [1.82, 2.24) is 14.5 Å². The molecular weight excluding hydrogens is 341 g/mol. The lowest BCUT2D eigenvalue weighted by Gasteiger charge is -2.19. The Morgan fingerprint density at radius 1 is 1.39 bits per heavy atom. The Bertz CT molecular complexity index is 788. The summed E-state index contributed by atoms with van der Waals surface area (Å²) in [4.78, 5) is 19.9. The number of hydrogen-bond donors (Lipinski definition) is 0. The van der Waals surface area contributed by atoms with E-state index in [4.69, 9.17) is 32.4 Å². The quantitative estimate of drug-likeness (QED) is 0.654. The van der Waals surface area contributed by atoms with Gasteiger partial charge in [-0.3, -0.25) is 0 Å². The number of halogens is 2. The Labute approximate surface area is 141 Å². The van der Waals surface area contributed by atoms with E-state index in [1.165, 1.54) is 6.26 Å². The van der Waals surface area contributed by atoms with Gasteiger partial charge in [-0.25, -0.2) is 14.8 Å². The molecule has 0 saturated carbocycles. The number of rotatable bonds is 5. The third-order valence-electron chi connectivity index (χ3n) is 3.14. The Morgan fingerprint density at radius 2 is 2.26 bits per heavy atom. The van der Waals surface area contributed by atoms with Crippen molar-refractivity contribution >= 4 is 29.2 Å². The first-order valence-electron chi connectivity index (χ1n) is 6.63. The number of oxazole rings is 1. The largest absolute Gasteiger partial charge is 0.451 e. The molecule has 8 heteroatoms. The molecule has 0 aliphatic heterocycles. The highest BCUT2D eigenvalue weighted by Gasteiger charge is 2.22. The third-order valence-corrected chi connectivity index (χ3v) is 3.70. The van der Waals surface area contributed by atoms with E-state index in [0.717, 1.165) is 6.39 Å². The standard InChI is InChI=1S/C15H11Cl2N3O3/c16-10-1-2-11(12(17)5-10)14(6-20-4-3-18-8-20)23-15(21)13-7-22-9-19-13/h1-5,7-9,14H,6H2. The second-order valence-electron chi connectivity index (χ2n) is 4.69. The molecule has 3 rings (SSSR count). The first-order valence-corrected chi connectivity index (χ1v) is 7.39. The number of aromatic nitrogens is 3. The number of ether oxygens (including phenoxy) is 1. The molecule has 1 aromatic carbocycles. The number of carbonyl (C=O) groups excluding carboxylic acids is 1. The maximum Gasteiger partial charge on any atom is 0.360 e. The summed E-state index contributed by atoms with van der Waals surface area (Å²) in [5, 5.41) is 0.915. The van der Waals surface area contributed by atoms with Crippen LogP contribution >= 0.6 is 23.2 Å². The number of benzene rings is 1. The van der Waals surface area contributed by atoms with Crippen LogP contribution in [0.25, 0.3) is 0 Å². The van der Waals surface area contributed by atoms with Crippen molar-refractivity contribution in [3.8, 4) is 0 Å². The van der Waals surface area contributed by atoms with Gasteiger partial charge in [-0.2, -0.15) is 0 Å². The molecule has 118 valence electrons. The van der Waals surface area contributed by atoms with Gasteiger partial charge in [0.2, 0.25) is 0 Å². The summed E-state index contributed by atoms with van der Waals surface area (Å²) in [5.41, 5.74) is 0.729. The third kappa shape index (κ3) is 3.72. The molecule has 0 amide bonds. The van der Waals surface area contributed by atoms with Gasteiger partial charge in [-0.05, 0) is 12.1 Å². The molecule has 23 heavy (non-hydrogen) atoms. The van der Waals surface area contributed by atoms with Gasteiger partial charge >= 0.3 is 5.97 Å². The van der Waals surface area contributed by atoms with Crippen LogP contribution in [0.3, 0.4) is 0 Å². The highest BCUT2D eigenvalue weighted by Crippen LogP contribution is 2.30. The van der Waals surface area contributed by atoms with E-state index in [2.05, 4.69) is 9.97 Å². The van der Waals surface area contributed by atoms with Crippen LogP contribution in [0, 0.1) is 0 Å². The van der Waals surface area contributed by atoms with Crippen molar-refractivity contribution in [2.45, 2.75) is 12.6 Å². The van der Waals surface area contributed by atoms with Crippen LogP contribution in [0.1, 0.15) is 22.2 Å². The van der Waals surface area contributed by atoms with Crippen molar-refractivity contribution in [3.63, 3.8) is 0 Å². The van der Waals surface area contributed by atoms with Crippen molar-refractivity contribution in [3.05, 3.63) is 70.9 Å². The summed E-state index contributed by atoms with van der Waals surface area (Å²) in [6.45, 7) is 0.352. The molecular formula is C15H11Cl2N3O3. The lowest BCUT2D eigenvalue weighted by Crippen LogP contribution is -2.17. The molecule has 0 aliphatic carbocycles. The first kappa shape index (κ1) is 15.6. The minimum atomic E-state index is -0.627. The van der Waals surface area contributed by atoms with Gasteiger partial charge in [0.15, 0.2) is 12.1 Å². The minimum Gasteiger partial charge on any atom is -0.451 e. The Morgan fingerprint density at radius 3 is 2.91 bits per heavy atom. The van der Waals surface area contributed by atoms with E-state index in [1.807, 2.05) is 0 Å². The van der Waals surface area contributed by atoms with E-state index < -0.39 is 12.1 Å². The molecule has 2 heterocycles. The van der Waals surface area contributed by atoms with E-state index in [0.29, 0.717) is 22.2 Å². The summed E-state index contributed by atoms with van der Waals surface area (Å²) < 4.78 is 12.1. The highest BCUT2D eigenvalue weighted by molar-refractivity contribution is 6.35. The van der Waals surface area contributed by atoms with Gasteiger partial charge in [0.05, 0.1) is 12.9 Å². The molecule has 6 nitrogen and oxygen atoms in total. The smallest absolute Gasteiger partial charge is 0.360 e. The second kappa shape index (κ2) is 6.85. The van der Waals surface area contributed by atoms with Crippen molar-refractivity contribution < 1.29 is 13.9 Å². The SMILES string of the molecule is O=C(OC(Cn1ccnc1)c1ccc(Cl)cc1Cl)c1cocn1. The average molecular weight is 352 g/mol. The summed E-state index contributed by atoms with van der Waals surface area (Å²) in [7, 11) is 0. The lowest BCUT2D eigenvalue weighted by molar-refractivity contribution is 0.0248. The predicted molar refractivity (Wildman–Crippen MR) is 83.3 cm³/mol. The van der Waals surface area contributed by atoms with E-state index in [-0.39, 0.29) is 5.69 Å². The van der Waals surface area contributed by atoms with Crippen molar-refractivity contribution in [2.24, 2.45) is 0 Å². The van der Waals surface area contributed by atoms with Crippen LogP contribution in [-0.2, 0) is 11.3 Å². The molecule has 0 N–H and O–H groups in total. The zero-order valence-electron chi connectivity index (χ0n) is 11.7. The first-order chi connectivity index (χ1) is 11.1. The predicted octanol–water partition coefficient (Wildman–Crippen LogP) is 3.78. The van der Waals surface area contributed by atoms with Gasteiger partial charge in [0.1, 0.15) is 12.4 Å². The number of esters is 1. The number of carbonyl (C=O) groups is 1. The van der Waals surface area contributed by atoms with Gasteiger partial charge < -0.3 is 13.7 Å². The van der Waals surface area contributed by atoms with Crippen LogP contribution in [0.15, 0.2) is 54.0 Å². The fraction of sp³-hybridized carbons (Fsp3) is 0.133. The maximum absolute atomic E-state index is 12.2. The fourth-order valence-corrected chi connectivity index (χ4v) is 2.58. The summed E-state index contributed by atoms with van der Waals surface area (Å²) in [5.74, 6) is -0.602. The Hall–Kier alpha value is -2.31. The lowest BCUT2D eigenvalue weighted by atomic mass is 10.1. The maximum atomic E-state index is 12.2. The molecule has 0 bridgehead atoms. The molecule has 1 atom stereocenters.